The van der Waals surface area contributed by atoms with E-state index in [1.807, 2.05) is 13.8 Å². The van der Waals surface area contributed by atoms with E-state index in [0.29, 0.717) is 0 Å². The Labute approximate surface area is 32.0 Å². The average molecular weight is 73.1 g/mol. The topological polar surface area (TPSA) is 17.1 Å². The third kappa shape index (κ3) is 3.67. The fourth-order valence-corrected chi connectivity index (χ4v) is 0. The highest BCUT2D eigenvalue weighted by molar-refractivity contribution is 5.51. The molecule has 0 aromatic carbocycles. The van der Waals surface area contributed by atoms with Crippen LogP contribution in [-0.4, -0.2) is 6.29 Å². The fraction of sp³-hybridized carbons (Fsp3) is 0.750. The highest BCUT2D eigenvalue weighted by Crippen LogP contribution is 1.78. The number of hydrogen-bond acceptors (Lipinski definition) is 1. The molecule has 0 rings (SSSR count). The van der Waals surface area contributed by atoms with Crippen LogP contribution in [0.2, 0.25) is 0 Å². The molecular formula is C4H8O. The first-order chi connectivity index (χ1) is 2.27. The second-order valence-electron chi connectivity index (χ2n) is 1.38. The molecule has 1 nitrogen and oxygen atoms in total. The second-order valence-corrected chi connectivity index (χ2v) is 1.38. The minimum atomic E-state index is 0.204. The molecule has 0 aliphatic heterocycles. The molecule has 0 atom stereocenters. The van der Waals surface area contributed by atoms with Gasteiger partial charge in [-0.05, 0) is 0 Å². The van der Waals surface area contributed by atoms with Crippen LogP contribution in [0.1, 0.15) is 13.8 Å². The Kier molecular flexibility index (Phi) is 1.81. The monoisotopic (exact) mass is 73.1 g/mol. The highest BCUT2D eigenvalue weighted by atomic mass is 16.2. The molecule has 0 aliphatic carbocycles. The van der Waals surface area contributed by atoms with Gasteiger partial charge < -0.3 is 4.79 Å². The largest absolute Gasteiger partial charge is 0.303 e. The van der Waals surface area contributed by atoms with E-state index in [1.54, 1.807) is 0 Å². The van der Waals surface area contributed by atoms with Crippen LogP contribution >= 0.6 is 0 Å². The van der Waals surface area contributed by atoms with E-state index in [0.717, 1.165) is 6.29 Å². The van der Waals surface area contributed by atoms with Crippen LogP contribution in [0.5, 0.6) is 0 Å². The lowest BCUT2D eigenvalue weighted by molar-refractivity contribution is -0.110. The third-order valence-electron chi connectivity index (χ3n) is 0.272. The van der Waals surface area contributed by atoms with Gasteiger partial charge in [-0.2, -0.15) is 0 Å². The molecule has 0 aromatic heterocycles. The van der Waals surface area contributed by atoms with Gasteiger partial charge in [0, 0.05) is 5.92 Å². The van der Waals surface area contributed by atoms with Gasteiger partial charge in [0.05, 0.1) is 0 Å². The predicted octanol–water partition coefficient (Wildman–Crippen LogP) is 0.841. The van der Waals surface area contributed by atoms with Crippen molar-refractivity contribution in [1.82, 2.24) is 0 Å². The van der Waals surface area contributed by atoms with E-state index in [4.69, 9.17) is 0 Å². The van der Waals surface area contributed by atoms with Gasteiger partial charge in [-0.1, -0.05) is 13.8 Å². The standard InChI is InChI=1S/C4H8O/c1-4(2)3-5/h3-4H,1-2H3/i3+1. The van der Waals surface area contributed by atoms with E-state index >= 15 is 0 Å². The SMILES string of the molecule is CC(C)[13CH]=O. The molecule has 0 amide bonds. The van der Waals surface area contributed by atoms with Crippen molar-refractivity contribution in [3.63, 3.8) is 0 Å². The summed E-state index contributed by atoms with van der Waals surface area (Å²) >= 11 is 0. The van der Waals surface area contributed by atoms with Gasteiger partial charge in [-0.15, -0.1) is 0 Å². The highest BCUT2D eigenvalue weighted by Gasteiger charge is 1.79. The summed E-state index contributed by atoms with van der Waals surface area (Å²) in [7, 11) is 0. The number of hydrogen-bond donors (Lipinski definition) is 0. The van der Waals surface area contributed by atoms with Gasteiger partial charge in [-0.3, -0.25) is 0 Å². The smallest absolute Gasteiger partial charge is 0.122 e. The van der Waals surface area contributed by atoms with Crippen molar-refractivity contribution in [3.05, 3.63) is 0 Å². The summed E-state index contributed by atoms with van der Waals surface area (Å²) in [6, 6.07) is 0. The van der Waals surface area contributed by atoms with Crippen LogP contribution in [0, 0.1) is 5.92 Å². The van der Waals surface area contributed by atoms with Crippen molar-refractivity contribution in [2.75, 3.05) is 0 Å². The minimum Gasteiger partial charge on any atom is -0.303 e. The maximum Gasteiger partial charge on any atom is 0.122 e. The summed E-state index contributed by atoms with van der Waals surface area (Å²) in [5.74, 6) is 0.204. The van der Waals surface area contributed by atoms with Crippen molar-refractivity contribution in [1.29, 1.82) is 0 Å². The zero-order chi connectivity index (χ0) is 4.28. The molecular weight excluding hydrogens is 65.0 g/mol. The first-order valence-electron chi connectivity index (χ1n) is 1.72. The first-order valence-corrected chi connectivity index (χ1v) is 1.72. The van der Waals surface area contributed by atoms with Crippen LogP contribution in [0.25, 0.3) is 0 Å². The normalized spacial score (nSPS) is 8.60. The molecule has 0 heterocycles. The molecule has 0 bridgehead atoms. The van der Waals surface area contributed by atoms with Gasteiger partial charge in [0.2, 0.25) is 0 Å². The average Bonchev–Trinajstić information content (AvgIpc) is 1.38. The zero-order valence-corrected chi connectivity index (χ0v) is 3.56. The second kappa shape index (κ2) is 1.94. The maximum atomic E-state index is 9.50. The summed E-state index contributed by atoms with van der Waals surface area (Å²) < 4.78 is 0. The molecule has 0 radical (unpaired) electrons. The van der Waals surface area contributed by atoms with Crippen LogP contribution in [-0.2, 0) is 4.79 Å². The van der Waals surface area contributed by atoms with Crippen molar-refractivity contribution < 1.29 is 4.79 Å². The Balaban J connectivity index is 2.83. The Morgan fingerprint density at radius 1 is 1.60 bits per heavy atom. The van der Waals surface area contributed by atoms with Crippen molar-refractivity contribution >= 4 is 6.29 Å². The summed E-state index contributed by atoms with van der Waals surface area (Å²) in [5, 5.41) is 0. The molecule has 0 spiro atoms. The Morgan fingerprint density at radius 3 is 1.80 bits per heavy atom. The Morgan fingerprint density at radius 2 is 1.80 bits per heavy atom. The fourth-order valence-electron chi connectivity index (χ4n) is 0. The maximum absolute atomic E-state index is 9.50. The molecule has 30 valence electrons. The van der Waals surface area contributed by atoms with E-state index in [1.165, 1.54) is 0 Å². The van der Waals surface area contributed by atoms with Gasteiger partial charge in [-0.25, -0.2) is 0 Å². The van der Waals surface area contributed by atoms with Crippen LogP contribution < -0.4 is 0 Å². The molecule has 0 saturated heterocycles. The summed E-state index contributed by atoms with van der Waals surface area (Å²) in [6.07, 6.45) is 0.917. The van der Waals surface area contributed by atoms with Gasteiger partial charge >= 0.3 is 0 Å². The molecule has 0 fully saturated rings. The lowest BCUT2D eigenvalue weighted by atomic mass is 10.4. The minimum absolute atomic E-state index is 0.204. The number of carbonyl (C=O) groups is 1. The number of rotatable bonds is 1. The van der Waals surface area contributed by atoms with Crippen molar-refractivity contribution in [3.8, 4) is 0 Å². The predicted molar refractivity (Wildman–Crippen MR) is 20.9 cm³/mol. The van der Waals surface area contributed by atoms with Gasteiger partial charge in [0.15, 0.2) is 0 Å². The van der Waals surface area contributed by atoms with E-state index < -0.39 is 0 Å². The molecule has 0 aromatic rings. The molecule has 0 aliphatic rings. The van der Waals surface area contributed by atoms with Gasteiger partial charge in [0.25, 0.3) is 0 Å². The molecule has 0 unspecified atom stereocenters. The Bertz CT molecular complexity index is 30.6. The first kappa shape index (κ1) is 4.67. The summed E-state index contributed by atoms with van der Waals surface area (Å²) in [6.45, 7) is 3.71. The molecule has 0 saturated carbocycles. The summed E-state index contributed by atoms with van der Waals surface area (Å²) in [4.78, 5) is 9.50. The number of aldehydes is 1. The number of carbonyl (C=O) groups excluding carboxylic acids is 1. The lowest BCUT2D eigenvalue weighted by Gasteiger charge is -1.78. The molecule has 1 heteroatoms. The quantitative estimate of drug-likeness (QED) is 0.332. The lowest BCUT2D eigenvalue weighted by Crippen LogP contribution is -1.82. The third-order valence-corrected chi connectivity index (χ3v) is 0.272. The van der Waals surface area contributed by atoms with Crippen LogP contribution in [0.15, 0.2) is 0 Å². The molecule has 5 heavy (non-hydrogen) atoms. The Hall–Kier alpha value is -0.330. The molecule has 0 N–H and O–H groups in total. The van der Waals surface area contributed by atoms with E-state index in [-0.39, 0.29) is 5.92 Å². The van der Waals surface area contributed by atoms with Crippen molar-refractivity contribution in [2.45, 2.75) is 13.8 Å². The van der Waals surface area contributed by atoms with Crippen LogP contribution in [0.3, 0.4) is 0 Å². The van der Waals surface area contributed by atoms with Crippen molar-refractivity contribution in [2.24, 2.45) is 5.92 Å². The van der Waals surface area contributed by atoms with E-state index in [2.05, 4.69) is 0 Å². The van der Waals surface area contributed by atoms with E-state index in [9.17, 15) is 4.79 Å². The van der Waals surface area contributed by atoms with Gasteiger partial charge in [0.1, 0.15) is 6.29 Å². The zero-order valence-electron chi connectivity index (χ0n) is 3.56. The van der Waals surface area contributed by atoms with Crippen LogP contribution in [0.4, 0.5) is 0 Å². The summed E-state index contributed by atoms with van der Waals surface area (Å²) in [5.41, 5.74) is 0.